The van der Waals surface area contributed by atoms with Gasteiger partial charge in [-0.25, -0.2) is 29.9 Å². The number of furan rings is 4. The molecule has 2 aliphatic rings. The van der Waals surface area contributed by atoms with Gasteiger partial charge in [0.15, 0.2) is 11.6 Å². The molecule has 145 heavy (non-hydrogen) atoms. The molecule has 30 aromatic rings. The number of aromatic nitrogens is 8. The van der Waals surface area contributed by atoms with E-state index >= 15 is 0 Å². The molecule has 0 spiro atoms. The van der Waals surface area contributed by atoms with E-state index in [1.807, 2.05) is 96.3 Å². The highest BCUT2D eigenvalue weighted by Gasteiger charge is 2.41. The van der Waals surface area contributed by atoms with Gasteiger partial charge in [0.25, 0.3) is 0 Å². The molecule has 0 radical (unpaired) electrons. The number of nitrogens with zero attached hydrogens (tertiary/aromatic N) is 8. The first-order valence-corrected chi connectivity index (χ1v) is 50.1. The summed E-state index contributed by atoms with van der Waals surface area (Å²) in [5.41, 5.74) is 35.4. The van der Waals surface area contributed by atoms with Crippen molar-refractivity contribution in [1.82, 2.24) is 39.0 Å². The monoisotopic (exact) mass is 1870 g/mol. The molecule has 0 unspecified atom stereocenters. The quantitative estimate of drug-likeness (QED) is 0.144. The summed E-state index contributed by atoms with van der Waals surface area (Å²) in [6, 6.07) is 149. The van der Waals surface area contributed by atoms with Crippen LogP contribution in [0.3, 0.4) is 0 Å². The average molecular weight is 1880 g/mol. The third kappa shape index (κ3) is 12.5. The Bertz CT molecular complexity index is 10400. The Balaban J connectivity index is 0.000000102. The van der Waals surface area contributed by atoms with Crippen LogP contribution in [-0.2, 0) is 10.8 Å². The van der Waals surface area contributed by atoms with Gasteiger partial charge in [0.1, 0.15) is 44.7 Å². The zero-order chi connectivity index (χ0) is 95.8. The number of fused-ring (bicyclic) bond motifs is 35. The van der Waals surface area contributed by atoms with E-state index in [1.165, 1.54) is 86.5 Å². The van der Waals surface area contributed by atoms with E-state index in [0.717, 1.165) is 210 Å². The van der Waals surface area contributed by atoms with Gasteiger partial charge in [0.05, 0.1) is 55.7 Å². The Kier molecular flexibility index (Phi) is 17.9. The second-order valence-electron chi connectivity index (χ2n) is 39.3. The van der Waals surface area contributed by atoms with Crippen LogP contribution < -0.4 is 0 Å². The molecule has 0 aliphatic heterocycles. The third-order valence-corrected chi connectivity index (χ3v) is 31.7. The van der Waals surface area contributed by atoms with E-state index in [2.05, 4.69) is 377 Å². The maximum Gasteiger partial charge on any atom is 0.235 e. The van der Waals surface area contributed by atoms with Crippen molar-refractivity contribution in [2.45, 2.75) is 38.5 Å². The molecule has 20 aromatic carbocycles. The van der Waals surface area contributed by atoms with Crippen molar-refractivity contribution in [3.8, 4) is 102 Å². The lowest BCUT2D eigenvalue weighted by Crippen LogP contribution is -2.14. The van der Waals surface area contributed by atoms with Gasteiger partial charge >= 0.3 is 0 Å². The Morgan fingerprint density at radius 3 is 1.16 bits per heavy atom. The van der Waals surface area contributed by atoms with Crippen molar-refractivity contribution >= 4 is 196 Å². The summed E-state index contributed by atoms with van der Waals surface area (Å²) in [6.45, 7) is 9.28. The summed E-state index contributed by atoms with van der Waals surface area (Å²) >= 11 is 1.90. The van der Waals surface area contributed by atoms with Gasteiger partial charge < -0.3 is 22.2 Å². The fraction of sp³-hybridized carbons (Fsp3) is 0.0455. The van der Waals surface area contributed by atoms with E-state index in [4.69, 9.17) is 47.6 Å². The molecule has 0 saturated heterocycles. The average Bonchev–Trinajstić information content (AvgIpc) is 1.54. The predicted molar refractivity (Wildman–Crippen MR) is 597 cm³/mol. The molecule has 10 aromatic heterocycles. The van der Waals surface area contributed by atoms with Crippen LogP contribution in [0.5, 0.6) is 0 Å². The fourth-order valence-electron chi connectivity index (χ4n) is 23.8. The van der Waals surface area contributed by atoms with Gasteiger partial charge in [-0.1, -0.05) is 331 Å². The minimum atomic E-state index is -0.163. The molecule has 0 bridgehead atoms. The molecule has 0 atom stereocenters. The summed E-state index contributed by atoms with van der Waals surface area (Å²) in [4.78, 5) is 31.9. The van der Waals surface area contributed by atoms with Gasteiger partial charge in [0, 0.05) is 156 Å². The van der Waals surface area contributed by atoms with Crippen molar-refractivity contribution in [2.75, 3.05) is 0 Å². The topological polar surface area (TPSA) is 140 Å². The summed E-state index contributed by atoms with van der Waals surface area (Å²) in [7, 11) is 0. The number of rotatable bonds is 8. The number of benzene rings is 20. The molecule has 32 rings (SSSR count). The van der Waals surface area contributed by atoms with Crippen LogP contribution in [0.1, 0.15) is 49.9 Å². The standard InChI is InChI=1S/C50H30N4O.C41H26N2O2.C41H26N2OS/c1-3-13-31(14-4-1)49-48-40(26-28-46-47(48)38-19-9-12-22-45(38)55-46)51-50(52-49)54-42-21-11-7-17-35(42)37-25-23-33(30-44(37)54)32-24-27-43-39(29-32)36-18-8-10-20-41(36)53(43)34-15-5-2-6-16-34;1-41(2)29-18-16-24(22-28(29)35-30(41)19-17-26-25-12-6-8-14-32(25)45-39(26)35)40-42-31-20-21-34-36(27-13-7-9-15-33(27)44-34)37(31)38(43-40)23-10-4-3-5-11-23;1-41(2)29-18-16-24(22-28(29)35-30(41)19-17-26-25-12-7-9-15-34(25)45-39(26)35)40-42-31-20-21-33-36(27-13-6-8-14-32(27)44-33)37(31)38(43-40)23-10-4-3-5-11-23/h1-30H;2*3-22H,1-2H3. The Morgan fingerprint density at radius 1 is 0.228 bits per heavy atom. The first kappa shape index (κ1) is 82.3. The lowest BCUT2D eigenvalue weighted by molar-refractivity contribution is 0.653. The second-order valence-corrected chi connectivity index (χ2v) is 40.3. The SMILES string of the molecule is CC1(C)c2ccc(-c3nc(-c4ccccc4)c4c(ccc5oc6ccccc6c54)n3)cc2-c2c1ccc1c2oc2ccccc21.CC1(C)c2ccc(-c3nc(-c4ccccc4)c4c(ccc5oc6ccccc6c54)n3)cc2-c2c1ccc1c2sc2ccccc21.c1ccc(-c2nc(-n3c4ccccc4c4ccc(-c5ccc6c(c5)c5ccccc5n6-c5ccccc5)cc43)nc3ccc4oc5ccccc5c4c23)cc1. The predicted octanol–water partition coefficient (Wildman–Crippen LogP) is 35.7. The first-order valence-electron chi connectivity index (χ1n) is 49.3. The summed E-state index contributed by atoms with van der Waals surface area (Å²) in [5, 5.41) is 19.1. The highest BCUT2D eigenvalue weighted by Crippen LogP contribution is 2.58. The molecule has 13 heteroatoms. The Hall–Kier alpha value is -18.6. The molecule has 0 N–H and O–H groups in total. The van der Waals surface area contributed by atoms with Gasteiger partial charge in [-0.3, -0.25) is 4.57 Å². The highest BCUT2D eigenvalue weighted by atomic mass is 32.1. The molecule has 680 valence electrons. The fourth-order valence-corrected chi connectivity index (χ4v) is 25.0. The first-order chi connectivity index (χ1) is 71.4. The van der Waals surface area contributed by atoms with Crippen LogP contribution in [0.4, 0.5) is 0 Å². The maximum absolute atomic E-state index is 6.55. The number of para-hydroxylation sites is 7. The van der Waals surface area contributed by atoms with Gasteiger partial charge in [0.2, 0.25) is 5.95 Å². The summed E-state index contributed by atoms with van der Waals surface area (Å²) < 4.78 is 32.7. The van der Waals surface area contributed by atoms with Crippen LogP contribution in [0.25, 0.3) is 286 Å². The summed E-state index contributed by atoms with van der Waals surface area (Å²) in [6.07, 6.45) is 0. The summed E-state index contributed by atoms with van der Waals surface area (Å²) in [5.74, 6) is 2.05. The van der Waals surface area contributed by atoms with Crippen molar-refractivity contribution in [3.63, 3.8) is 0 Å². The molecule has 10 heterocycles. The smallest absolute Gasteiger partial charge is 0.235 e. The lowest BCUT2D eigenvalue weighted by atomic mass is 9.82. The molecule has 12 nitrogen and oxygen atoms in total. The van der Waals surface area contributed by atoms with Gasteiger partial charge in [-0.05, 0) is 166 Å². The van der Waals surface area contributed by atoms with E-state index in [-0.39, 0.29) is 10.8 Å². The Labute approximate surface area is 833 Å². The highest BCUT2D eigenvalue weighted by molar-refractivity contribution is 7.26. The molecule has 2 aliphatic carbocycles. The van der Waals surface area contributed by atoms with Gasteiger partial charge in [-0.2, -0.15) is 0 Å². The van der Waals surface area contributed by atoms with Crippen LogP contribution in [0.2, 0.25) is 0 Å². The van der Waals surface area contributed by atoms with Crippen molar-refractivity contribution < 1.29 is 17.7 Å². The normalized spacial score (nSPS) is 13.1. The van der Waals surface area contributed by atoms with Crippen molar-refractivity contribution in [3.05, 3.63) is 447 Å². The molecule has 0 amide bonds. The zero-order valence-corrected chi connectivity index (χ0v) is 79.8. The molecular weight excluding hydrogens is 1790 g/mol. The van der Waals surface area contributed by atoms with E-state index in [9.17, 15) is 0 Å². The van der Waals surface area contributed by atoms with Crippen molar-refractivity contribution in [2.24, 2.45) is 0 Å². The molecular formula is C132H82N8O4S. The molecule has 0 fully saturated rings. The number of hydrogen-bond acceptors (Lipinski definition) is 11. The van der Waals surface area contributed by atoms with Crippen LogP contribution in [0, 0.1) is 0 Å². The largest absolute Gasteiger partial charge is 0.456 e. The van der Waals surface area contributed by atoms with Crippen LogP contribution in [0.15, 0.2) is 442 Å². The van der Waals surface area contributed by atoms with Crippen LogP contribution in [-0.4, -0.2) is 39.0 Å². The number of thiophene rings is 1. The maximum atomic E-state index is 6.55. The third-order valence-electron chi connectivity index (χ3n) is 30.5. The number of hydrogen-bond donors (Lipinski definition) is 0. The van der Waals surface area contributed by atoms with Gasteiger partial charge in [-0.15, -0.1) is 11.3 Å². The van der Waals surface area contributed by atoms with E-state index in [0.29, 0.717) is 11.8 Å². The molecule has 0 saturated carbocycles. The van der Waals surface area contributed by atoms with E-state index in [1.54, 1.807) is 0 Å². The minimum Gasteiger partial charge on any atom is -0.456 e. The minimum absolute atomic E-state index is 0.0963. The zero-order valence-electron chi connectivity index (χ0n) is 79.0. The van der Waals surface area contributed by atoms with Crippen molar-refractivity contribution in [1.29, 1.82) is 0 Å². The lowest BCUT2D eigenvalue weighted by Gasteiger charge is -2.21. The Morgan fingerprint density at radius 2 is 0.614 bits per heavy atom. The second kappa shape index (κ2) is 31.5. The van der Waals surface area contributed by atoms with E-state index < -0.39 is 0 Å². The van der Waals surface area contributed by atoms with Crippen LogP contribution >= 0.6 is 11.3 Å².